The number of methoxy groups -OCH3 is 1. The van der Waals surface area contributed by atoms with E-state index in [2.05, 4.69) is 16.9 Å². The molecule has 124 valence electrons. The third-order valence-corrected chi connectivity index (χ3v) is 3.28. The maximum atomic E-state index is 6.27. The molecule has 0 amide bonds. The summed E-state index contributed by atoms with van der Waals surface area (Å²) < 4.78 is 10.9. The monoisotopic (exact) mass is 353 g/mol. The van der Waals surface area contributed by atoms with Crippen molar-refractivity contribution in [1.29, 1.82) is 0 Å². The molecular formula is C17H19Cl2N2O2-. The molecule has 0 atom stereocenters. The van der Waals surface area contributed by atoms with Gasteiger partial charge in [-0.2, -0.15) is 0 Å². The van der Waals surface area contributed by atoms with E-state index in [-0.39, 0.29) is 12.4 Å². The number of nitrogens with one attached hydrogen (secondary N) is 1. The molecule has 0 aliphatic rings. The van der Waals surface area contributed by atoms with Gasteiger partial charge in [0.1, 0.15) is 6.61 Å². The maximum absolute atomic E-state index is 6.27. The highest BCUT2D eigenvalue weighted by molar-refractivity contribution is 6.32. The van der Waals surface area contributed by atoms with Gasteiger partial charge >= 0.3 is 0 Å². The number of hydrogen-bond acceptors (Lipinski definition) is 4. The second-order valence-corrected chi connectivity index (χ2v) is 5.04. The van der Waals surface area contributed by atoms with Gasteiger partial charge in [0, 0.05) is 19.3 Å². The molecule has 0 bridgehead atoms. The standard InChI is InChI=1S/C17H19ClN2O2.ClH/c1-3-8-22-17-15(18)9-13(10-16(17)21-2)11-19-12-14-6-4-5-7-20-14;/h3-7,9-10,19H,1,8,11-12H2,2H3;1H/p-1. The third-order valence-electron chi connectivity index (χ3n) is 3.00. The molecule has 0 spiro atoms. The Balaban J connectivity index is 0.00000264. The lowest BCUT2D eigenvalue weighted by Gasteiger charge is -2.13. The van der Waals surface area contributed by atoms with Crippen molar-refractivity contribution in [3.63, 3.8) is 0 Å². The Morgan fingerprint density at radius 2 is 2.13 bits per heavy atom. The number of nitrogens with zero attached hydrogens (tertiary/aromatic N) is 1. The van der Waals surface area contributed by atoms with Gasteiger partial charge in [-0.1, -0.05) is 30.3 Å². The minimum absolute atomic E-state index is 0. The molecular weight excluding hydrogens is 335 g/mol. The van der Waals surface area contributed by atoms with Crippen LogP contribution in [0.1, 0.15) is 11.3 Å². The van der Waals surface area contributed by atoms with Gasteiger partial charge in [-0.25, -0.2) is 0 Å². The van der Waals surface area contributed by atoms with Gasteiger partial charge in [-0.3, -0.25) is 4.98 Å². The van der Waals surface area contributed by atoms with Crippen LogP contribution < -0.4 is 27.2 Å². The topological polar surface area (TPSA) is 43.4 Å². The average molecular weight is 354 g/mol. The van der Waals surface area contributed by atoms with Gasteiger partial charge in [0.05, 0.1) is 17.8 Å². The lowest BCUT2D eigenvalue weighted by molar-refractivity contribution is -0.00000509. The summed E-state index contributed by atoms with van der Waals surface area (Å²) in [4.78, 5) is 4.27. The largest absolute Gasteiger partial charge is 1.00 e. The molecule has 1 N–H and O–H groups in total. The van der Waals surface area contributed by atoms with Gasteiger partial charge in [0.25, 0.3) is 0 Å². The Hall–Kier alpha value is -1.75. The van der Waals surface area contributed by atoms with E-state index in [1.165, 1.54) is 0 Å². The summed E-state index contributed by atoms with van der Waals surface area (Å²) in [5, 5.41) is 3.85. The van der Waals surface area contributed by atoms with Crippen LogP contribution in [0.5, 0.6) is 11.5 Å². The zero-order valence-electron chi connectivity index (χ0n) is 12.9. The molecule has 0 saturated heterocycles. The van der Waals surface area contributed by atoms with E-state index in [0.29, 0.717) is 36.2 Å². The first kappa shape index (κ1) is 19.3. The van der Waals surface area contributed by atoms with Crippen LogP contribution in [0, 0.1) is 0 Å². The smallest absolute Gasteiger partial charge is 0.180 e. The van der Waals surface area contributed by atoms with Gasteiger partial charge in [0.2, 0.25) is 0 Å². The molecule has 0 unspecified atom stereocenters. The minimum atomic E-state index is 0. The van der Waals surface area contributed by atoms with Crippen LogP contribution in [-0.2, 0) is 13.1 Å². The highest BCUT2D eigenvalue weighted by Crippen LogP contribution is 2.36. The Labute approximate surface area is 147 Å². The van der Waals surface area contributed by atoms with Gasteiger partial charge in [-0.05, 0) is 29.8 Å². The Morgan fingerprint density at radius 3 is 2.78 bits per heavy atom. The van der Waals surface area contributed by atoms with Crippen molar-refractivity contribution in [1.82, 2.24) is 10.3 Å². The van der Waals surface area contributed by atoms with Crippen LogP contribution >= 0.6 is 11.6 Å². The van der Waals surface area contributed by atoms with E-state index in [0.717, 1.165) is 11.3 Å². The molecule has 6 heteroatoms. The normalized spacial score (nSPS) is 9.83. The zero-order valence-corrected chi connectivity index (χ0v) is 14.4. The first-order valence-electron chi connectivity index (χ1n) is 6.95. The van der Waals surface area contributed by atoms with Crippen molar-refractivity contribution >= 4 is 11.6 Å². The summed E-state index contributed by atoms with van der Waals surface area (Å²) >= 11 is 6.27. The lowest BCUT2D eigenvalue weighted by atomic mass is 10.2. The predicted molar refractivity (Wildman–Crippen MR) is 88.5 cm³/mol. The average Bonchev–Trinajstić information content (AvgIpc) is 2.54. The second-order valence-electron chi connectivity index (χ2n) is 4.63. The van der Waals surface area contributed by atoms with Crippen molar-refractivity contribution in [2.75, 3.05) is 13.7 Å². The molecule has 4 nitrogen and oxygen atoms in total. The molecule has 0 saturated carbocycles. The fourth-order valence-corrected chi connectivity index (χ4v) is 2.28. The first-order chi connectivity index (χ1) is 10.7. The molecule has 1 heterocycles. The highest BCUT2D eigenvalue weighted by Gasteiger charge is 2.11. The van der Waals surface area contributed by atoms with Crippen LogP contribution in [0.3, 0.4) is 0 Å². The Kier molecular flexibility index (Phi) is 8.48. The molecule has 0 aliphatic carbocycles. The van der Waals surface area contributed by atoms with E-state index < -0.39 is 0 Å². The van der Waals surface area contributed by atoms with Gasteiger partial charge in [-0.15, -0.1) is 0 Å². The van der Waals surface area contributed by atoms with Crippen LogP contribution in [0.2, 0.25) is 5.02 Å². The molecule has 0 radical (unpaired) electrons. The summed E-state index contributed by atoms with van der Waals surface area (Å²) in [5.74, 6) is 1.15. The third kappa shape index (κ3) is 5.75. The fourth-order valence-electron chi connectivity index (χ4n) is 2.00. The Morgan fingerprint density at radius 1 is 1.30 bits per heavy atom. The number of hydrogen-bond donors (Lipinski definition) is 1. The van der Waals surface area contributed by atoms with Gasteiger partial charge in [0.15, 0.2) is 11.5 Å². The second kappa shape index (κ2) is 10.1. The highest BCUT2D eigenvalue weighted by atomic mass is 35.5. The lowest BCUT2D eigenvalue weighted by Crippen LogP contribution is -3.00. The SMILES string of the molecule is C=CCOc1c(Cl)cc(CNCc2ccccn2)cc1OC.[Cl-]. The first-order valence-corrected chi connectivity index (χ1v) is 7.33. The summed E-state index contributed by atoms with van der Waals surface area (Å²) in [5.41, 5.74) is 2.01. The summed E-state index contributed by atoms with van der Waals surface area (Å²) in [6, 6.07) is 9.63. The summed E-state index contributed by atoms with van der Waals surface area (Å²) in [6.45, 7) is 5.36. The van der Waals surface area contributed by atoms with Crippen LogP contribution in [-0.4, -0.2) is 18.7 Å². The number of pyridine rings is 1. The number of halogens is 2. The predicted octanol–water partition coefficient (Wildman–Crippen LogP) is 0.602. The molecule has 23 heavy (non-hydrogen) atoms. The number of aromatic nitrogens is 1. The van der Waals surface area contributed by atoms with Crippen LogP contribution in [0.25, 0.3) is 0 Å². The van der Waals surface area contributed by atoms with Crippen molar-refractivity contribution in [2.45, 2.75) is 13.1 Å². The van der Waals surface area contributed by atoms with Crippen molar-refractivity contribution in [2.24, 2.45) is 0 Å². The zero-order chi connectivity index (χ0) is 15.8. The number of rotatable bonds is 8. The maximum Gasteiger partial charge on any atom is 0.180 e. The Bertz CT molecular complexity index is 621. The van der Waals surface area contributed by atoms with Gasteiger partial charge < -0.3 is 27.2 Å². The van der Waals surface area contributed by atoms with Crippen molar-refractivity contribution in [3.05, 3.63) is 65.5 Å². The summed E-state index contributed by atoms with van der Waals surface area (Å²) in [7, 11) is 1.59. The quantitative estimate of drug-likeness (QED) is 0.706. The van der Waals surface area contributed by atoms with E-state index in [1.54, 1.807) is 19.4 Å². The minimum Gasteiger partial charge on any atom is -1.00 e. The molecule has 1 aromatic carbocycles. The van der Waals surface area contributed by atoms with E-state index in [1.807, 2.05) is 30.3 Å². The van der Waals surface area contributed by atoms with E-state index >= 15 is 0 Å². The van der Waals surface area contributed by atoms with Crippen molar-refractivity contribution < 1.29 is 21.9 Å². The van der Waals surface area contributed by atoms with Crippen LogP contribution in [0.15, 0.2) is 49.2 Å². The molecule has 0 aliphatic heterocycles. The van der Waals surface area contributed by atoms with Crippen LogP contribution in [0.4, 0.5) is 0 Å². The fraction of sp³-hybridized carbons (Fsp3) is 0.235. The number of benzene rings is 1. The molecule has 1 aromatic heterocycles. The summed E-state index contributed by atoms with van der Waals surface area (Å²) in [6.07, 6.45) is 3.45. The molecule has 2 aromatic rings. The van der Waals surface area contributed by atoms with Crippen molar-refractivity contribution in [3.8, 4) is 11.5 Å². The molecule has 2 rings (SSSR count). The van der Waals surface area contributed by atoms with E-state index in [9.17, 15) is 0 Å². The van der Waals surface area contributed by atoms with E-state index in [4.69, 9.17) is 21.1 Å². The molecule has 0 fully saturated rings. The number of ether oxygens (including phenoxy) is 2.